The number of carbonyl (C=O) groups excluding carboxylic acids is 1. The molecule has 1 aromatic heterocycles. The predicted octanol–water partition coefficient (Wildman–Crippen LogP) is 0.165. The number of hydrogen-bond donors (Lipinski definition) is 2. The Balaban J connectivity index is 2.81. The van der Waals surface area contributed by atoms with Gasteiger partial charge in [-0.25, -0.2) is 4.79 Å². The SMILES string of the molecule is CCCn1cc(C(NC=O)C(=O)O)cn1. The number of aliphatic carboxylic acids is 1. The summed E-state index contributed by atoms with van der Waals surface area (Å²) < 4.78 is 1.65. The quantitative estimate of drug-likeness (QED) is 0.657. The van der Waals surface area contributed by atoms with Crippen LogP contribution in [-0.4, -0.2) is 27.3 Å². The molecule has 0 fully saturated rings. The van der Waals surface area contributed by atoms with Crippen LogP contribution < -0.4 is 5.32 Å². The van der Waals surface area contributed by atoms with E-state index in [4.69, 9.17) is 5.11 Å². The molecule has 1 aromatic rings. The largest absolute Gasteiger partial charge is 0.479 e. The normalized spacial score (nSPS) is 12.1. The van der Waals surface area contributed by atoms with Gasteiger partial charge in [-0.15, -0.1) is 0 Å². The van der Waals surface area contributed by atoms with E-state index in [1.165, 1.54) is 6.20 Å². The van der Waals surface area contributed by atoms with Gasteiger partial charge in [0.15, 0.2) is 6.04 Å². The van der Waals surface area contributed by atoms with Crippen molar-refractivity contribution in [2.75, 3.05) is 0 Å². The van der Waals surface area contributed by atoms with Gasteiger partial charge in [0.1, 0.15) is 0 Å². The highest BCUT2D eigenvalue weighted by atomic mass is 16.4. The van der Waals surface area contributed by atoms with Crippen molar-refractivity contribution in [2.24, 2.45) is 0 Å². The van der Waals surface area contributed by atoms with Gasteiger partial charge in [-0.2, -0.15) is 5.10 Å². The number of rotatable bonds is 6. The van der Waals surface area contributed by atoms with Gasteiger partial charge in [-0.1, -0.05) is 6.92 Å². The van der Waals surface area contributed by atoms with Crippen molar-refractivity contribution in [2.45, 2.75) is 25.9 Å². The first-order valence-corrected chi connectivity index (χ1v) is 4.64. The lowest BCUT2D eigenvalue weighted by atomic mass is 10.2. The number of hydrogen-bond acceptors (Lipinski definition) is 3. The van der Waals surface area contributed by atoms with Crippen molar-refractivity contribution in [3.63, 3.8) is 0 Å². The summed E-state index contributed by atoms with van der Waals surface area (Å²) in [5, 5.41) is 15.0. The summed E-state index contributed by atoms with van der Waals surface area (Å²) in [5.41, 5.74) is 0.475. The third-order valence-corrected chi connectivity index (χ3v) is 1.92. The van der Waals surface area contributed by atoms with E-state index in [0.717, 1.165) is 13.0 Å². The maximum absolute atomic E-state index is 10.8. The van der Waals surface area contributed by atoms with Crippen molar-refractivity contribution in [1.82, 2.24) is 15.1 Å². The van der Waals surface area contributed by atoms with E-state index in [9.17, 15) is 9.59 Å². The fourth-order valence-electron chi connectivity index (χ4n) is 1.26. The molecule has 82 valence electrons. The number of aryl methyl sites for hydroxylation is 1. The summed E-state index contributed by atoms with van der Waals surface area (Å²) >= 11 is 0. The zero-order valence-corrected chi connectivity index (χ0v) is 8.38. The molecule has 1 rings (SSSR count). The molecule has 1 unspecified atom stereocenters. The third-order valence-electron chi connectivity index (χ3n) is 1.92. The van der Waals surface area contributed by atoms with Gasteiger partial charge in [-0.3, -0.25) is 9.48 Å². The summed E-state index contributed by atoms with van der Waals surface area (Å²) in [6.07, 6.45) is 4.36. The second-order valence-electron chi connectivity index (χ2n) is 3.09. The second-order valence-corrected chi connectivity index (χ2v) is 3.09. The van der Waals surface area contributed by atoms with Crippen molar-refractivity contribution >= 4 is 12.4 Å². The molecule has 1 atom stereocenters. The Kier molecular flexibility index (Phi) is 3.84. The third kappa shape index (κ3) is 2.80. The van der Waals surface area contributed by atoms with E-state index < -0.39 is 12.0 Å². The Labute approximate surface area is 86.9 Å². The molecule has 6 heteroatoms. The molecule has 1 amide bonds. The highest BCUT2D eigenvalue weighted by Crippen LogP contribution is 2.11. The molecule has 1 heterocycles. The summed E-state index contributed by atoms with van der Waals surface area (Å²) in [5.74, 6) is -1.10. The summed E-state index contributed by atoms with van der Waals surface area (Å²) in [4.78, 5) is 21.0. The molecule has 0 aromatic carbocycles. The molecular formula is C9H13N3O3. The van der Waals surface area contributed by atoms with E-state index in [2.05, 4.69) is 10.4 Å². The summed E-state index contributed by atoms with van der Waals surface area (Å²) in [6, 6.07) is -1.02. The van der Waals surface area contributed by atoms with Gasteiger partial charge in [0.05, 0.1) is 6.20 Å². The number of aromatic nitrogens is 2. The molecule has 0 spiro atoms. The molecule has 0 aliphatic carbocycles. The van der Waals surface area contributed by atoms with Gasteiger partial charge < -0.3 is 10.4 Å². The lowest BCUT2D eigenvalue weighted by Crippen LogP contribution is -2.26. The molecule has 0 aliphatic heterocycles. The fourth-order valence-corrected chi connectivity index (χ4v) is 1.26. The van der Waals surface area contributed by atoms with E-state index in [1.54, 1.807) is 10.9 Å². The van der Waals surface area contributed by atoms with Gasteiger partial charge >= 0.3 is 5.97 Å². The number of nitrogens with zero attached hydrogens (tertiary/aromatic N) is 2. The van der Waals surface area contributed by atoms with Crippen LogP contribution in [0.5, 0.6) is 0 Å². The first kappa shape index (κ1) is 11.2. The highest BCUT2D eigenvalue weighted by molar-refractivity contribution is 5.77. The molecule has 0 aliphatic rings. The van der Waals surface area contributed by atoms with Crippen LogP contribution in [0, 0.1) is 0 Å². The number of nitrogens with one attached hydrogen (secondary N) is 1. The van der Waals surface area contributed by atoms with Crippen LogP contribution in [0.15, 0.2) is 12.4 Å². The monoisotopic (exact) mass is 211 g/mol. The van der Waals surface area contributed by atoms with Crippen molar-refractivity contribution in [3.05, 3.63) is 18.0 Å². The van der Waals surface area contributed by atoms with E-state index >= 15 is 0 Å². The first-order chi connectivity index (χ1) is 7.19. The minimum absolute atomic E-state index is 0.371. The molecule has 0 saturated carbocycles. The molecule has 0 radical (unpaired) electrons. The van der Waals surface area contributed by atoms with E-state index in [-0.39, 0.29) is 0 Å². The van der Waals surface area contributed by atoms with Crippen molar-refractivity contribution < 1.29 is 14.7 Å². The van der Waals surface area contributed by atoms with Crippen LogP contribution in [0.2, 0.25) is 0 Å². The van der Waals surface area contributed by atoms with Crippen LogP contribution in [-0.2, 0) is 16.1 Å². The Morgan fingerprint density at radius 1 is 1.80 bits per heavy atom. The van der Waals surface area contributed by atoms with E-state index in [1.807, 2.05) is 6.92 Å². The second kappa shape index (κ2) is 5.14. The van der Waals surface area contributed by atoms with Crippen molar-refractivity contribution in [3.8, 4) is 0 Å². The lowest BCUT2D eigenvalue weighted by Gasteiger charge is -2.07. The zero-order valence-electron chi connectivity index (χ0n) is 8.38. The average molecular weight is 211 g/mol. The van der Waals surface area contributed by atoms with E-state index in [0.29, 0.717) is 12.0 Å². The zero-order chi connectivity index (χ0) is 11.3. The number of carboxylic acid groups (broad SMARTS) is 1. The minimum Gasteiger partial charge on any atom is -0.479 e. The standard InChI is InChI=1S/C9H13N3O3/c1-2-3-12-5-7(4-11-12)8(9(14)15)10-6-13/h4-6,8H,2-3H2,1H3,(H,10,13)(H,14,15). The summed E-state index contributed by atoms with van der Waals surface area (Å²) in [7, 11) is 0. The van der Waals surface area contributed by atoms with Gasteiger partial charge in [0.25, 0.3) is 0 Å². The minimum atomic E-state index is -1.10. The number of carboxylic acids is 1. The lowest BCUT2D eigenvalue weighted by molar-refractivity contribution is -0.140. The summed E-state index contributed by atoms with van der Waals surface area (Å²) in [6.45, 7) is 2.73. The smallest absolute Gasteiger partial charge is 0.331 e. The Morgan fingerprint density at radius 3 is 3.07 bits per heavy atom. The number of amides is 1. The predicted molar refractivity (Wildman–Crippen MR) is 52.1 cm³/mol. The van der Waals surface area contributed by atoms with Crippen LogP contribution in [0.1, 0.15) is 24.9 Å². The molecule has 6 nitrogen and oxygen atoms in total. The maximum Gasteiger partial charge on any atom is 0.331 e. The molecule has 2 N–H and O–H groups in total. The van der Waals surface area contributed by atoms with Gasteiger partial charge in [0, 0.05) is 18.3 Å². The molecular weight excluding hydrogens is 198 g/mol. The first-order valence-electron chi connectivity index (χ1n) is 4.64. The van der Waals surface area contributed by atoms with Crippen LogP contribution in [0.3, 0.4) is 0 Å². The Bertz CT molecular complexity index is 348. The molecule has 0 saturated heterocycles. The van der Waals surface area contributed by atoms with Crippen LogP contribution >= 0.6 is 0 Å². The van der Waals surface area contributed by atoms with Gasteiger partial charge in [0.2, 0.25) is 6.41 Å². The molecule has 0 bridgehead atoms. The topological polar surface area (TPSA) is 84.2 Å². The average Bonchev–Trinajstić information content (AvgIpc) is 2.62. The van der Waals surface area contributed by atoms with Gasteiger partial charge in [-0.05, 0) is 6.42 Å². The fraction of sp³-hybridized carbons (Fsp3) is 0.444. The molecule has 15 heavy (non-hydrogen) atoms. The highest BCUT2D eigenvalue weighted by Gasteiger charge is 2.20. The van der Waals surface area contributed by atoms with Crippen LogP contribution in [0.25, 0.3) is 0 Å². The Hall–Kier alpha value is -1.85. The van der Waals surface area contributed by atoms with Crippen molar-refractivity contribution in [1.29, 1.82) is 0 Å². The number of carbonyl (C=O) groups is 2. The Morgan fingerprint density at radius 2 is 2.53 bits per heavy atom. The van der Waals surface area contributed by atoms with Crippen LogP contribution in [0.4, 0.5) is 0 Å². The maximum atomic E-state index is 10.8.